The minimum absolute atomic E-state index is 0.0630. The number of aromatic nitrogens is 2. The van der Waals surface area contributed by atoms with Gasteiger partial charge in [0.2, 0.25) is 15.9 Å². The van der Waals surface area contributed by atoms with Crippen molar-refractivity contribution in [3.05, 3.63) is 80.0 Å². The molecule has 0 fully saturated rings. The molecule has 0 aliphatic heterocycles. The lowest BCUT2D eigenvalue weighted by Gasteiger charge is -2.12. The predicted molar refractivity (Wildman–Crippen MR) is 114 cm³/mol. The monoisotopic (exact) mass is 428 g/mol. The van der Waals surface area contributed by atoms with Crippen molar-refractivity contribution < 1.29 is 13.5 Å². The Balaban J connectivity index is 2.05. The van der Waals surface area contributed by atoms with Crippen molar-refractivity contribution in [2.75, 3.05) is 7.05 Å². The Morgan fingerprint density at radius 2 is 1.77 bits per heavy atom. The molecule has 1 aromatic heterocycles. The summed E-state index contributed by atoms with van der Waals surface area (Å²) in [6.07, 6.45) is 1.12. The highest BCUT2D eigenvalue weighted by atomic mass is 32.2. The SMILES string of the molecule is CNS(=O)(=O)c1ccc(N=Cc2c(O)n(-c3ccc(C)cc3C)c(=O)[nH]c2=O)cc1. The molecule has 0 saturated carbocycles. The van der Waals surface area contributed by atoms with Gasteiger partial charge in [0.15, 0.2) is 0 Å². The number of hydrogen-bond acceptors (Lipinski definition) is 6. The lowest BCUT2D eigenvalue weighted by Crippen LogP contribution is -2.31. The van der Waals surface area contributed by atoms with Crippen molar-refractivity contribution >= 4 is 21.9 Å². The average Bonchev–Trinajstić information content (AvgIpc) is 2.69. The normalized spacial score (nSPS) is 11.8. The molecular weight excluding hydrogens is 408 g/mol. The zero-order chi connectivity index (χ0) is 22.1. The van der Waals surface area contributed by atoms with Crippen LogP contribution in [0.3, 0.4) is 0 Å². The summed E-state index contributed by atoms with van der Waals surface area (Å²) in [5.41, 5.74) is 0.729. The van der Waals surface area contributed by atoms with E-state index in [9.17, 15) is 23.1 Å². The van der Waals surface area contributed by atoms with Crippen LogP contribution in [-0.4, -0.2) is 36.3 Å². The lowest BCUT2D eigenvalue weighted by molar-refractivity contribution is 0.430. The molecule has 0 aliphatic rings. The third kappa shape index (κ3) is 4.09. The highest BCUT2D eigenvalue weighted by molar-refractivity contribution is 7.89. The number of sulfonamides is 1. The van der Waals surface area contributed by atoms with Crippen LogP contribution in [0.1, 0.15) is 16.7 Å². The van der Waals surface area contributed by atoms with Crippen LogP contribution in [0.5, 0.6) is 5.88 Å². The van der Waals surface area contributed by atoms with Crippen LogP contribution in [0, 0.1) is 13.8 Å². The molecule has 3 aromatic rings. The predicted octanol–water partition coefficient (Wildman–Crippen LogP) is 1.51. The van der Waals surface area contributed by atoms with Crippen LogP contribution >= 0.6 is 0 Å². The maximum absolute atomic E-state index is 12.3. The summed E-state index contributed by atoms with van der Waals surface area (Å²) in [5, 5.41) is 10.6. The summed E-state index contributed by atoms with van der Waals surface area (Å²) in [6.45, 7) is 3.69. The fourth-order valence-corrected chi connectivity index (χ4v) is 3.63. The highest BCUT2D eigenvalue weighted by Gasteiger charge is 2.16. The van der Waals surface area contributed by atoms with Crippen molar-refractivity contribution in [3.8, 4) is 11.6 Å². The number of rotatable bonds is 5. The van der Waals surface area contributed by atoms with E-state index in [1.165, 1.54) is 31.3 Å². The first-order valence-electron chi connectivity index (χ1n) is 8.87. The first-order valence-corrected chi connectivity index (χ1v) is 10.4. The molecule has 3 rings (SSSR count). The van der Waals surface area contributed by atoms with Gasteiger partial charge >= 0.3 is 5.69 Å². The van der Waals surface area contributed by atoms with Crippen LogP contribution in [-0.2, 0) is 10.0 Å². The number of benzene rings is 2. The number of aryl methyl sites for hydroxylation is 2. The molecule has 156 valence electrons. The second-order valence-corrected chi connectivity index (χ2v) is 8.47. The van der Waals surface area contributed by atoms with E-state index in [4.69, 9.17) is 0 Å². The van der Waals surface area contributed by atoms with Crippen molar-refractivity contribution in [3.63, 3.8) is 0 Å². The van der Waals surface area contributed by atoms with Gasteiger partial charge in [0.25, 0.3) is 5.56 Å². The number of aromatic amines is 1. The Morgan fingerprint density at radius 1 is 1.10 bits per heavy atom. The van der Waals surface area contributed by atoms with E-state index >= 15 is 0 Å². The van der Waals surface area contributed by atoms with Crippen molar-refractivity contribution in [2.45, 2.75) is 18.7 Å². The van der Waals surface area contributed by atoms with Crippen LogP contribution in [0.4, 0.5) is 5.69 Å². The third-order valence-electron chi connectivity index (χ3n) is 4.47. The van der Waals surface area contributed by atoms with E-state index in [2.05, 4.69) is 14.7 Å². The van der Waals surface area contributed by atoms with E-state index in [0.717, 1.165) is 21.9 Å². The molecule has 0 radical (unpaired) electrons. The Morgan fingerprint density at radius 3 is 2.37 bits per heavy atom. The molecule has 0 atom stereocenters. The van der Waals surface area contributed by atoms with Gasteiger partial charge < -0.3 is 5.11 Å². The fraction of sp³-hybridized carbons (Fsp3) is 0.150. The Hall–Kier alpha value is -3.50. The topological polar surface area (TPSA) is 134 Å². The molecule has 1 heterocycles. The quantitative estimate of drug-likeness (QED) is 0.530. The maximum atomic E-state index is 12.3. The second kappa shape index (κ2) is 8.09. The van der Waals surface area contributed by atoms with Gasteiger partial charge in [-0.2, -0.15) is 0 Å². The van der Waals surface area contributed by atoms with E-state index < -0.39 is 27.2 Å². The summed E-state index contributed by atoms with van der Waals surface area (Å²) in [6, 6.07) is 10.9. The molecule has 2 aromatic carbocycles. The van der Waals surface area contributed by atoms with Crippen molar-refractivity contribution in [2.24, 2.45) is 4.99 Å². The molecule has 10 heteroatoms. The van der Waals surface area contributed by atoms with E-state index in [1.807, 2.05) is 13.0 Å². The molecule has 0 spiro atoms. The standard InChI is InChI=1S/C20H20N4O5S/c1-12-4-9-17(13(2)10-12)24-19(26)16(18(25)23-20(24)27)11-22-14-5-7-15(8-6-14)30(28,29)21-3/h4-11,21,26H,1-3H3,(H,23,25,27). The molecule has 0 amide bonds. The van der Waals surface area contributed by atoms with Gasteiger partial charge in [0.1, 0.15) is 5.56 Å². The molecule has 0 unspecified atom stereocenters. The van der Waals surface area contributed by atoms with Gasteiger partial charge in [-0.25, -0.2) is 22.5 Å². The minimum Gasteiger partial charge on any atom is -0.493 e. The number of nitrogens with one attached hydrogen (secondary N) is 2. The van der Waals surface area contributed by atoms with E-state index in [1.54, 1.807) is 19.1 Å². The maximum Gasteiger partial charge on any atom is 0.335 e. The van der Waals surface area contributed by atoms with Gasteiger partial charge in [-0.3, -0.25) is 14.8 Å². The zero-order valence-corrected chi connectivity index (χ0v) is 17.3. The largest absolute Gasteiger partial charge is 0.493 e. The third-order valence-corrected chi connectivity index (χ3v) is 5.90. The summed E-state index contributed by atoms with van der Waals surface area (Å²) in [7, 11) is -2.27. The van der Waals surface area contributed by atoms with Gasteiger partial charge in [0.05, 0.1) is 16.3 Å². The smallest absolute Gasteiger partial charge is 0.335 e. The van der Waals surface area contributed by atoms with Crippen molar-refractivity contribution in [1.82, 2.24) is 14.3 Å². The summed E-state index contributed by atoms with van der Waals surface area (Å²) in [5.74, 6) is -0.547. The van der Waals surface area contributed by atoms with Crippen LogP contribution in [0.25, 0.3) is 5.69 Å². The minimum atomic E-state index is -3.58. The highest BCUT2D eigenvalue weighted by Crippen LogP contribution is 2.21. The molecule has 30 heavy (non-hydrogen) atoms. The van der Waals surface area contributed by atoms with E-state index in [0.29, 0.717) is 11.4 Å². The fourth-order valence-electron chi connectivity index (χ4n) is 2.90. The lowest BCUT2D eigenvalue weighted by atomic mass is 10.1. The summed E-state index contributed by atoms with van der Waals surface area (Å²) < 4.78 is 26.8. The zero-order valence-electron chi connectivity index (χ0n) is 16.5. The van der Waals surface area contributed by atoms with Gasteiger partial charge in [0, 0.05) is 6.21 Å². The summed E-state index contributed by atoms with van der Waals surface area (Å²) >= 11 is 0. The molecule has 0 bridgehead atoms. The van der Waals surface area contributed by atoms with Crippen LogP contribution in [0.2, 0.25) is 0 Å². The Labute approximate surface area is 172 Å². The van der Waals surface area contributed by atoms with E-state index in [-0.39, 0.29) is 10.5 Å². The summed E-state index contributed by atoms with van der Waals surface area (Å²) in [4.78, 5) is 30.9. The van der Waals surface area contributed by atoms with Crippen LogP contribution < -0.4 is 16.0 Å². The number of H-pyrrole nitrogens is 1. The molecule has 3 N–H and O–H groups in total. The van der Waals surface area contributed by atoms with Crippen molar-refractivity contribution in [1.29, 1.82) is 0 Å². The second-order valence-electron chi connectivity index (χ2n) is 6.58. The molecule has 0 saturated heterocycles. The molecule has 9 nitrogen and oxygen atoms in total. The van der Waals surface area contributed by atoms with Gasteiger partial charge in [-0.15, -0.1) is 0 Å². The number of hydrogen-bond donors (Lipinski definition) is 3. The Kier molecular flexibility index (Phi) is 5.72. The number of nitrogens with zero attached hydrogens (tertiary/aromatic N) is 2. The number of aromatic hydroxyl groups is 1. The van der Waals surface area contributed by atoms with Gasteiger partial charge in [-0.05, 0) is 56.8 Å². The molecule has 0 aliphatic carbocycles. The molecular formula is C20H20N4O5S. The first-order chi connectivity index (χ1) is 14.1. The number of aliphatic imine (C=N–C) groups is 1. The van der Waals surface area contributed by atoms with Gasteiger partial charge in [-0.1, -0.05) is 17.7 Å². The average molecular weight is 428 g/mol. The van der Waals surface area contributed by atoms with Crippen LogP contribution in [0.15, 0.2) is 61.9 Å². The first kappa shape index (κ1) is 21.2. The Bertz CT molecular complexity index is 1350.